The van der Waals surface area contributed by atoms with E-state index in [0.717, 1.165) is 6.54 Å². The quantitative estimate of drug-likeness (QED) is 0.738. The fourth-order valence-corrected chi connectivity index (χ4v) is 1.61. The highest BCUT2D eigenvalue weighted by Gasteiger charge is 2.35. The molecule has 1 fully saturated rings. The summed E-state index contributed by atoms with van der Waals surface area (Å²) < 4.78 is 5.04. The van der Waals surface area contributed by atoms with E-state index >= 15 is 0 Å². The lowest BCUT2D eigenvalue weighted by molar-refractivity contribution is 0.154. The van der Waals surface area contributed by atoms with Crippen molar-refractivity contribution in [3.05, 3.63) is 0 Å². The minimum absolute atomic E-state index is 0.175. The van der Waals surface area contributed by atoms with E-state index in [1.54, 1.807) is 0 Å². The van der Waals surface area contributed by atoms with Gasteiger partial charge in [0.2, 0.25) is 0 Å². The SMILES string of the molecule is CNC(C)CN1C(=O)OCC1C(C)C. The Balaban J connectivity index is 2.58. The topological polar surface area (TPSA) is 41.6 Å². The van der Waals surface area contributed by atoms with Gasteiger partial charge in [-0.2, -0.15) is 0 Å². The number of likely N-dealkylation sites (N-methyl/N-ethyl adjacent to an activating group) is 1. The van der Waals surface area contributed by atoms with Crippen LogP contribution in [0.5, 0.6) is 0 Å². The van der Waals surface area contributed by atoms with Crippen LogP contribution in [0.4, 0.5) is 4.79 Å². The standard InChI is InChI=1S/C10H20N2O2/c1-7(2)9-6-14-10(13)12(9)5-8(3)11-4/h7-9,11H,5-6H2,1-4H3. The molecule has 0 bridgehead atoms. The van der Waals surface area contributed by atoms with Gasteiger partial charge in [0.05, 0.1) is 6.04 Å². The Bertz CT molecular complexity index is 206. The number of amides is 1. The van der Waals surface area contributed by atoms with Gasteiger partial charge in [-0.3, -0.25) is 4.90 Å². The predicted molar refractivity (Wildman–Crippen MR) is 55.2 cm³/mol. The number of ether oxygens (including phenoxy) is 1. The van der Waals surface area contributed by atoms with Gasteiger partial charge in [0.1, 0.15) is 6.61 Å². The Hall–Kier alpha value is -0.770. The van der Waals surface area contributed by atoms with Crippen LogP contribution in [0.2, 0.25) is 0 Å². The highest BCUT2D eigenvalue weighted by molar-refractivity contribution is 5.70. The summed E-state index contributed by atoms with van der Waals surface area (Å²) in [7, 11) is 1.90. The average molecular weight is 200 g/mol. The fourth-order valence-electron chi connectivity index (χ4n) is 1.61. The van der Waals surface area contributed by atoms with E-state index in [-0.39, 0.29) is 12.1 Å². The van der Waals surface area contributed by atoms with Crippen molar-refractivity contribution < 1.29 is 9.53 Å². The van der Waals surface area contributed by atoms with E-state index in [0.29, 0.717) is 18.6 Å². The lowest BCUT2D eigenvalue weighted by Crippen LogP contribution is -2.44. The summed E-state index contributed by atoms with van der Waals surface area (Å²) >= 11 is 0. The number of nitrogens with zero attached hydrogens (tertiary/aromatic N) is 1. The van der Waals surface area contributed by atoms with Crippen LogP contribution in [-0.2, 0) is 4.74 Å². The Labute approximate surface area is 85.6 Å². The monoisotopic (exact) mass is 200 g/mol. The molecule has 1 rings (SSSR count). The Morgan fingerprint density at radius 2 is 2.21 bits per heavy atom. The van der Waals surface area contributed by atoms with Crippen LogP contribution in [0.3, 0.4) is 0 Å². The van der Waals surface area contributed by atoms with Crippen LogP contribution in [0.1, 0.15) is 20.8 Å². The molecule has 1 N–H and O–H groups in total. The smallest absolute Gasteiger partial charge is 0.410 e. The summed E-state index contributed by atoms with van der Waals surface area (Å²) in [6.07, 6.45) is -0.175. The van der Waals surface area contributed by atoms with Crippen molar-refractivity contribution >= 4 is 6.09 Å². The molecule has 2 unspecified atom stereocenters. The number of carbonyl (C=O) groups excluding carboxylic acids is 1. The van der Waals surface area contributed by atoms with Crippen molar-refractivity contribution in [2.24, 2.45) is 5.92 Å². The average Bonchev–Trinajstić information content (AvgIpc) is 2.48. The third kappa shape index (κ3) is 2.38. The van der Waals surface area contributed by atoms with Crippen molar-refractivity contribution in [1.82, 2.24) is 10.2 Å². The Morgan fingerprint density at radius 3 is 2.71 bits per heavy atom. The van der Waals surface area contributed by atoms with E-state index in [4.69, 9.17) is 4.74 Å². The van der Waals surface area contributed by atoms with E-state index in [9.17, 15) is 4.79 Å². The molecule has 0 aromatic rings. The van der Waals surface area contributed by atoms with Crippen molar-refractivity contribution in [1.29, 1.82) is 0 Å². The summed E-state index contributed by atoms with van der Waals surface area (Å²) in [4.78, 5) is 13.2. The van der Waals surface area contributed by atoms with Crippen LogP contribution in [0, 0.1) is 5.92 Å². The van der Waals surface area contributed by atoms with Gasteiger partial charge in [0.25, 0.3) is 0 Å². The molecule has 4 heteroatoms. The lowest BCUT2D eigenvalue weighted by atomic mass is 10.0. The molecule has 0 aromatic carbocycles. The van der Waals surface area contributed by atoms with Gasteiger partial charge >= 0.3 is 6.09 Å². The van der Waals surface area contributed by atoms with Gasteiger partial charge in [0, 0.05) is 12.6 Å². The fraction of sp³-hybridized carbons (Fsp3) is 0.900. The van der Waals surface area contributed by atoms with Crippen LogP contribution >= 0.6 is 0 Å². The molecule has 2 atom stereocenters. The summed E-state index contributed by atoms with van der Waals surface area (Å²) in [5.41, 5.74) is 0. The van der Waals surface area contributed by atoms with Gasteiger partial charge in [0.15, 0.2) is 0 Å². The summed E-state index contributed by atoms with van der Waals surface area (Å²) in [6.45, 7) is 7.54. The second-order valence-electron chi connectivity index (χ2n) is 4.23. The van der Waals surface area contributed by atoms with Gasteiger partial charge in [-0.25, -0.2) is 4.79 Å². The Kier molecular flexibility index (Phi) is 3.75. The lowest BCUT2D eigenvalue weighted by Gasteiger charge is -2.26. The van der Waals surface area contributed by atoms with Crippen molar-refractivity contribution in [2.75, 3.05) is 20.2 Å². The van der Waals surface area contributed by atoms with Gasteiger partial charge in [-0.05, 0) is 19.9 Å². The van der Waals surface area contributed by atoms with Gasteiger partial charge in [-0.1, -0.05) is 13.8 Å². The molecule has 0 aromatic heterocycles. The van der Waals surface area contributed by atoms with Crippen LogP contribution in [0.25, 0.3) is 0 Å². The first-order valence-corrected chi connectivity index (χ1v) is 5.17. The van der Waals surface area contributed by atoms with Gasteiger partial charge < -0.3 is 10.1 Å². The Morgan fingerprint density at radius 1 is 1.57 bits per heavy atom. The van der Waals surface area contributed by atoms with E-state index < -0.39 is 0 Å². The van der Waals surface area contributed by atoms with Crippen LogP contribution < -0.4 is 5.32 Å². The molecular formula is C10H20N2O2. The molecule has 1 aliphatic heterocycles. The first-order chi connectivity index (χ1) is 6.56. The first kappa shape index (κ1) is 11.3. The molecule has 14 heavy (non-hydrogen) atoms. The van der Waals surface area contributed by atoms with Gasteiger partial charge in [-0.15, -0.1) is 0 Å². The molecular weight excluding hydrogens is 180 g/mol. The first-order valence-electron chi connectivity index (χ1n) is 5.17. The molecule has 0 spiro atoms. The number of hydrogen-bond acceptors (Lipinski definition) is 3. The third-order valence-corrected chi connectivity index (χ3v) is 2.75. The molecule has 0 saturated carbocycles. The molecule has 1 heterocycles. The minimum atomic E-state index is -0.175. The second-order valence-corrected chi connectivity index (χ2v) is 4.23. The van der Waals surface area contributed by atoms with Crippen molar-refractivity contribution in [3.8, 4) is 0 Å². The maximum atomic E-state index is 11.4. The van der Waals surface area contributed by atoms with E-state index in [2.05, 4.69) is 26.1 Å². The third-order valence-electron chi connectivity index (χ3n) is 2.75. The molecule has 1 amide bonds. The molecule has 4 nitrogen and oxygen atoms in total. The zero-order valence-corrected chi connectivity index (χ0v) is 9.41. The van der Waals surface area contributed by atoms with E-state index in [1.165, 1.54) is 0 Å². The number of nitrogens with one attached hydrogen (secondary N) is 1. The maximum absolute atomic E-state index is 11.4. The molecule has 1 aliphatic rings. The number of hydrogen-bond donors (Lipinski definition) is 1. The summed E-state index contributed by atoms with van der Waals surface area (Å²) in [6, 6.07) is 0.542. The molecule has 0 aliphatic carbocycles. The number of rotatable bonds is 4. The highest BCUT2D eigenvalue weighted by Crippen LogP contribution is 2.19. The predicted octanol–water partition coefficient (Wildman–Crippen LogP) is 1.07. The molecule has 0 radical (unpaired) electrons. The van der Waals surface area contributed by atoms with Crippen LogP contribution in [0.15, 0.2) is 0 Å². The molecule has 1 saturated heterocycles. The van der Waals surface area contributed by atoms with Crippen LogP contribution in [-0.4, -0.2) is 43.3 Å². The minimum Gasteiger partial charge on any atom is -0.447 e. The largest absolute Gasteiger partial charge is 0.447 e. The van der Waals surface area contributed by atoms with E-state index in [1.807, 2.05) is 11.9 Å². The maximum Gasteiger partial charge on any atom is 0.410 e. The number of cyclic esters (lactones) is 1. The zero-order valence-electron chi connectivity index (χ0n) is 9.41. The van der Waals surface area contributed by atoms with Crippen molar-refractivity contribution in [3.63, 3.8) is 0 Å². The zero-order chi connectivity index (χ0) is 10.7. The summed E-state index contributed by atoms with van der Waals surface area (Å²) in [5, 5.41) is 3.12. The second kappa shape index (κ2) is 4.64. The molecule has 82 valence electrons. The van der Waals surface area contributed by atoms with Crippen molar-refractivity contribution in [2.45, 2.75) is 32.9 Å². The highest BCUT2D eigenvalue weighted by atomic mass is 16.6. The number of carbonyl (C=O) groups is 1. The summed E-state index contributed by atoms with van der Waals surface area (Å²) in [5.74, 6) is 0.450. The normalized spacial score (nSPS) is 24.2.